The van der Waals surface area contributed by atoms with E-state index in [2.05, 4.69) is 31.1 Å². The zero-order valence-electron chi connectivity index (χ0n) is 21.6. The molecule has 0 fully saturated rings. The van der Waals surface area contributed by atoms with E-state index >= 15 is 0 Å². The summed E-state index contributed by atoms with van der Waals surface area (Å²) < 4.78 is 11.6. The molecule has 0 radical (unpaired) electrons. The molecule has 2 aromatic carbocycles. The Labute approximate surface area is 214 Å². The van der Waals surface area contributed by atoms with Crippen molar-refractivity contribution in [1.29, 1.82) is 0 Å². The molecule has 0 saturated heterocycles. The van der Waals surface area contributed by atoms with E-state index in [0.717, 1.165) is 11.3 Å². The van der Waals surface area contributed by atoms with Crippen molar-refractivity contribution in [3.05, 3.63) is 65.5 Å². The van der Waals surface area contributed by atoms with Crippen LogP contribution in [0.2, 0.25) is 0 Å². The summed E-state index contributed by atoms with van der Waals surface area (Å²) in [5, 5.41) is 15.9. The summed E-state index contributed by atoms with van der Waals surface area (Å²) in [5.41, 5.74) is 3.14. The molecule has 0 saturated carbocycles. The average molecular weight is 503 g/mol. The molecule has 10 nitrogen and oxygen atoms in total. The van der Waals surface area contributed by atoms with Gasteiger partial charge in [-0.05, 0) is 42.8 Å². The zero-order valence-corrected chi connectivity index (χ0v) is 21.6. The maximum atomic E-state index is 12.5. The number of aryl methyl sites for hydroxylation is 1. The van der Waals surface area contributed by atoms with Crippen molar-refractivity contribution in [3.8, 4) is 17.2 Å². The smallest absolute Gasteiger partial charge is 0.324 e. The van der Waals surface area contributed by atoms with Crippen LogP contribution in [0.25, 0.3) is 10.9 Å². The summed E-state index contributed by atoms with van der Waals surface area (Å²) in [7, 11) is 3.06. The fourth-order valence-electron chi connectivity index (χ4n) is 3.73. The van der Waals surface area contributed by atoms with E-state index in [1.165, 1.54) is 7.11 Å². The van der Waals surface area contributed by atoms with Gasteiger partial charge in [0.05, 0.1) is 23.9 Å². The number of ether oxygens (including phenoxy) is 2. The Morgan fingerprint density at radius 2 is 1.76 bits per heavy atom. The molecule has 0 aliphatic heterocycles. The maximum absolute atomic E-state index is 12.5. The van der Waals surface area contributed by atoms with E-state index in [0.29, 0.717) is 45.2 Å². The van der Waals surface area contributed by atoms with Crippen molar-refractivity contribution in [2.24, 2.45) is 0 Å². The van der Waals surface area contributed by atoms with E-state index in [1.807, 2.05) is 39.8 Å². The van der Waals surface area contributed by atoms with E-state index < -0.39 is 6.03 Å². The molecule has 0 aliphatic rings. The lowest BCUT2D eigenvalue weighted by Crippen LogP contribution is -2.19. The Hall–Kier alpha value is -4.60. The quantitative estimate of drug-likeness (QED) is 0.280. The number of urea groups is 1. The molecule has 37 heavy (non-hydrogen) atoms. The number of nitrogens with zero attached hydrogens (tertiary/aromatic N) is 2. The van der Waals surface area contributed by atoms with Crippen LogP contribution in [0.15, 0.2) is 48.7 Å². The van der Waals surface area contributed by atoms with Crippen molar-refractivity contribution in [3.63, 3.8) is 0 Å². The number of methoxy groups -OCH3 is 1. The van der Waals surface area contributed by atoms with Gasteiger partial charge in [-0.3, -0.25) is 20.2 Å². The highest BCUT2D eigenvalue weighted by molar-refractivity contribution is 6.02. The number of carbonyl (C=O) groups is 2. The van der Waals surface area contributed by atoms with Crippen molar-refractivity contribution >= 4 is 34.3 Å². The fourth-order valence-corrected chi connectivity index (χ4v) is 3.73. The first kappa shape index (κ1) is 25.5. The number of rotatable bonds is 6. The standard InChI is InChI=1S/C27H30N6O4/c1-15-11-16(30-26(35)31-24-14-23(32-33-24)27(2,3)4)7-8-20(15)37-21-9-10-29-19-13-22(36-6)18(12-17(19)21)25(34)28-5/h7-14H,1-6H3,(H,28,34)(H3,30,31,32,33,35). The molecule has 0 bridgehead atoms. The van der Waals surface area contributed by atoms with E-state index in [4.69, 9.17) is 9.47 Å². The maximum Gasteiger partial charge on any atom is 0.324 e. The highest BCUT2D eigenvalue weighted by Crippen LogP contribution is 2.35. The third kappa shape index (κ3) is 5.64. The molecule has 4 N–H and O–H groups in total. The number of aromatic amines is 1. The van der Waals surface area contributed by atoms with Crippen LogP contribution >= 0.6 is 0 Å². The second-order valence-corrected chi connectivity index (χ2v) is 9.54. The summed E-state index contributed by atoms with van der Waals surface area (Å²) in [4.78, 5) is 29.2. The van der Waals surface area contributed by atoms with Crippen LogP contribution in [-0.4, -0.2) is 41.3 Å². The molecule has 2 heterocycles. The van der Waals surface area contributed by atoms with Crippen molar-refractivity contribution in [2.45, 2.75) is 33.1 Å². The summed E-state index contributed by atoms with van der Waals surface area (Å²) in [5.74, 6) is 1.79. The second-order valence-electron chi connectivity index (χ2n) is 9.54. The summed E-state index contributed by atoms with van der Waals surface area (Å²) in [6.07, 6.45) is 1.63. The summed E-state index contributed by atoms with van der Waals surface area (Å²) >= 11 is 0. The number of pyridine rings is 1. The monoisotopic (exact) mass is 502 g/mol. The summed E-state index contributed by atoms with van der Waals surface area (Å²) in [6, 6.07) is 11.9. The van der Waals surface area contributed by atoms with Gasteiger partial charge in [0.25, 0.3) is 5.91 Å². The largest absolute Gasteiger partial charge is 0.496 e. The van der Waals surface area contributed by atoms with Gasteiger partial charge in [0.15, 0.2) is 0 Å². The second kappa shape index (κ2) is 10.2. The predicted octanol–water partition coefficient (Wildman–Crippen LogP) is 5.37. The van der Waals surface area contributed by atoms with Gasteiger partial charge in [0, 0.05) is 41.9 Å². The number of nitrogens with one attached hydrogen (secondary N) is 4. The van der Waals surface area contributed by atoms with Gasteiger partial charge in [-0.25, -0.2) is 4.79 Å². The zero-order chi connectivity index (χ0) is 26.7. The number of H-pyrrole nitrogens is 1. The van der Waals surface area contributed by atoms with Crippen molar-refractivity contribution in [2.75, 3.05) is 24.8 Å². The SMILES string of the molecule is CNC(=O)c1cc2c(Oc3ccc(NC(=O)Nc4cc(C(C)(C)C)n[nH]4)cc3C)ccnc2cc1OC. The number of amides is 3. The molecule has 3 amide bonds. The first-order valence-electron chi connectivity index (χ1n) is 11.7. The average Bonchev–Trinajstić information content (AvgIpc) is 3.33. The molecule has 0 aliphatic carbocycles. The van der Waals surface area contributed by atoms with Crippen LogP contribution in [0.4, 0.5) is 16.3 Å². The molecule has 192 valence electrons. The molecular formula is C27H30N6O4. The first-order chi connectivity index (χ1) is 17.6. The Morgan fingerprint density at radius 3 is 2.41 bits per heavy atom. The molecule has 0 unspecified atom stereocenters. The Morgan fingerprint density at radius 1 is 0.973 bits per heavy atom. The van der Waals surface area contributed by atoms with Crippen LogP contribution in [0.5, 0.6) is 17.2 Å². The number of fused-ring (bicyclic) bond motifs is 1. The number of benzene rings is 2. The van der Waals surface area contributed by atoms with Crippen LogP contribution in [-0.2, 0) is 5.41 Å². The molecular weight excluding hydrogens is 472 g/mol. The van der Waals surface area contributed by atoms with Crippen LogP contribution in [0.3, 0.4) is 0 Å². The molecule has 4 aromatic rings. The van der Waals surface area contributed by atoms with Crippen LogP contribution in [0, 0.1) is 6.92 Å². The third-order valence-corrected chi connectivity index (χ3v) is 5.74. The Bertz CT molecular complexity index is 1470. The molecule has 2 aromatic heterocycles. The minimum absolute atomic E-state index is 0.129. The number of anilines is 2. The minimum Gasteiger partial charge on any atom is -0.496 e. The van der Waals surface area contributed by atoms with E-state index in [1.54, 1.807) is 43.6 Å². The lowest BCUT2D eigenvalue weighted by Gasteiger charge is -2.14. The van der Waals surface area contributed by atoms with Gasteiger partial charge in [0.1, 0.15) is 23.1 Å². The molecule has 0 spiro atoms. The van der Waals surface area contributed by atoms with E-state index in [9.17, 15) is 9.59 Å². The van der Waals surface area contributed by atoms with Crippen molar-refractivity contribution in [1.82, 2.24) is 20.5 Å². The van der Waals surface area contributed by atoms with Gasteiger partial charge in [-0.1, -0.05) is 20.8 Å². The highest BCUT2D eigenvalue weighted by Gasteiger charge is 2.19. The van der Waals surface area contributed by atoms with Gasteiger partial charge in [-0.2, -0.15) is 5.10 Å². The molecule has 4 rings (SSSR count). The lowest BCUT2D eigenvalue weighted by atomic mass is 9.92. The first-order valence-corrected chi connectivity index (χ1v) is 11.7. The molecule has 0 atom stereocenters. The van der Waals surface area contributed by atoms with Gasteiger partial charge in [-0.15, -0.1) is 0 Å². The van der Waals surface area contributed by atoms with Gasteiger partial charge < -0.3 is 20.1 Å². The van der Waals surface area contributed by atoms with E-state index in [-0.39, 0.29) is 11.3 Å². The third-order valence-electron chi connectivity index (χ3n) is 5.74. The highest BCUT2D eigenvalue weighted by atomic mass is 16.5. The number of carbonyl (C=O) groups excluding carboxylic acids is 2. The van der Waals surface area contributed by atoms with Crippen LogP contribution < -0.4 is 25.4 Å². The Kier molecular flexibility index (Phi) is 7.01. The lowest BCUT2D eigenvalue weighted by molar-refractivity contribution is 0.0960. The fraction of sp³-hybridized carbons (Fsp3) is 0.259. The predicted molar refractivity (Wildman–Crippen MR) is 143 cm³/mol. The number of hydrogen-bond acceptors (Lipinski definition) is 6. The van der Waals surface area contributed by atoms with Gasteiger partial charge >= 0.3 is 6.03 Å². The minimum atomic E-state index is -0.395. The topological polar surface area (TPSA) is 130 Å². The van der Waals surface area contributed by atoms with Gasteiger partial charge in [0.2, 0.25) is 0 Å². The summed E-state index contributed by atoms with van der Waals surface area (Å²) in [6.45, 7) is 8.02. The number of aromatic nitrogens is 3. The normalized spacial score (nSPS) is 11.2. The molecule has 10 heteroatoms. The Balaban J connectivity index is 1.52. The number of hydrogen-bond donors (Lipinski definition) is 4. The van der Waals surface area contributed by atoms with Crippen LogP contribution in [0.1, 0.15) is 42.4 Å². The van der Waals surface area contributed by atoms with Crippen molar-refractivity contribution < 1.29 is 19.1 Å².